The van der Waals surface area contributed by atoms with Crippen molar-refractivity contribution in [3.05, 3.63) is 47.2 Å². The van der Waals surface area contributed by atoms with Crippen LogP contribution in [0.15, 0.2) is 41.6 Å². The topological polar surface area (TPSA) is 76.0 Å². The van der Waals surface area contributed by atoms with Crippen LogP contribution in [0.1, 0.15) is 12.5 Å². The first-order chi connectivity index (χ1) is 10.4. The van der Waals surface area contributed by atoms with Crippen LogP contribution in [-0.4, -0.2) is 37.8 Å². The van der Waals surface area contributed by atoms with Crippen LogP contribution in [0.5, 0.6) is 0 Å². The van der Waals surface area contributed by atoms with Gasteiger partial charge in [0.25, 0.3) is 0 Å². The quantitative estimate of drug-likeness (QED) is 0.799. The highest BCUT2D eigenvalue weighted by Crippen LogP contribution is 2.12. The van der Waals surface area contributed by atoms with Crippen molar-refractivity contribution >= 4 is 21.6 Å². The lowest BCUT2D eigenvalue weighted by Gasteiger charge is -2.12. The minimum atomic E-state index is -3.55. The molecule has 0 spiro atoms. The summed E-state index contributed by atoms with van der Waals surface area (Å²) in [5.41, 5.74) is 0.993. The van der Waals surface area contributed by atoms with Crippen LogP contribution in [-0.2, 0) is 16.6 Å². The molecule has 0 fully saturated rings. The van der Waals surface area contributed by atoms with Crippen molar-refractivity contribution in [1.29, 1.82) is 0 Å². The number of benzene rings is 1. The lowest BCUT2D eigenvalue weighted by Crippen LogP contribution is -2.38. The molecule has 1 unspecified atom stereocenters. The molecule has 0 amide bonds. The summed E-state index contributed by atoms with van der Waals surface area (Å²) in [5.74, 6) is 0. The van der Waals surface area contributed by atoms with Gasteiger partial charge in [0.1, 0.15) is 4.90 Å². The summed E-state index contributed by atoms with van der Waals surface area (Å²) >= 11 is 5.84. The van der Waals surface area contributed by atoms with Gasteiger partial charge in [-0.1, -0.05) is 23.7 Å². The SMILES string of the molecule is CNCC(C)NS(=O)(=O)c1cnn(Cc2ccc(Cl)cc2)c1. The van der Waals surface area contributed by atoms with E-state index in [2.05, 4.69) is 15.1 Å². The van der Waals surface area contributed by atoms with Gasteiger partial charge in [0.2, 0.25) is 10.0 Å². The van der Waals surface area contributed by atoms with E-state index in [0.29, 0.717) is 18.1 Å². The zero-order chi connectivity index (χ0) is 16.2. The fourth-order valence-corrected chi connectivity index (χ4v) is 3.35. The third-order valence-corrected chi connectivity index (χ3v) is 4.84. The fraction of sp³-hybridized carbons (Fsp3) is 0.357. The standard InChI is InChI=1S/C14H19ClN4O2S/c1-11(7-16-2)18-22(20,21)14-8-17-19(10-14)9-12-3-5-13(15)6-4-12/h3-6,8,10-11,16,18H,7,9H2,1-2H3. The van der Waals surface area contributed by atoms with E-state index < -0.39 is 10.0 Å². The highest BCUT2D eigenvalue weighted by Gasteiger charge is 2.19. The second-order valence-electron chi connectivity index (χ2n) is 5.08. The van der Waals surface area contributed by atoms with Crippen molar-refractivity contribution in [2.75, 3.05) is 13.6 Å². The molecular formula is C14H19ClN4O2S. The molecular weight excluding hydrogens is 324 g/mol. The van der Waals surface area contributed by atoms with Gasteiger partial charge in [0, 0.05) is 23.8 Å². The summed E-state index contributed by atoms with van der Waals surface area (Å²) < 4.78 is 28.6. The lowest BCUT2D eigenvalue weighted by atomic mass is 10.2. The van der Waals surface area contributed by atoms with E-state index in [1.807, 2.05) is 12.1 Å². The number of nitrogens with zero attached hydrogens (tertiary/aromatic N) is 2. The molecule has 0 saturated carbocycles. The predicted molar refractivity (Wildman–Crippen MR) is 86.5 cm³/mol. The predicted octanol–water partition coefficient (Wildman–Crippen LogP) is 1.47. The van der Waals surface area contributed by atoms with Gasteiger partial charge in [-0.2, -0.15) is 5.10 Å². The zero-order valence-corrected chi connectivity index (χ0v) is 14.0. The Morgan fingerprint density at radius 2 is 2.00 bits per heavy atom. The van der Waals surface area contributed by atoms with E-state index in [-0.39, 0.29) is 10.9 Å². The number of hydrogen-bond acceptors (Lipinski definition) is 4. The molecule has 2 rings (SSSR count). The van der Waals surface area contributed by atoms with E-state index in [1.54, 1.807) is 30.8 Å². The fourth-order valence-electron chi connectivity index (χ4n) is 2.03. The average Bonchev–Trinajstić information content (AvgIpc) is 2.90. The van der Waals surface area contributed by atoms with Crippen LogP contribution in [0, 0.1) is 0 Å². The van der Waals surface area contributed by atoms with Crippen molar-refractivity contribution in [1.82, 2.24) is 19.8 Å². The summed E-state index contributed by atoms with van der Waals surface area (Å²) in [6.45, 7) is 2.84. The van der Waals surface area contributed by atoms with Gasteiger partial charge in [0.05, 0.1) is 12.7 Å². The molecule has 1 aromatic heterocycles. The summed E-state index contributed by atoms with van der Waals surface area (Å²) in [7, 11) is -1.78. The lowest BCUT2D eigenvalue weighted by molar-refractivity contribution is 0.550. The van der Waals surface area contributed by atoms with Crippen molar-refractivity contribution in [3.8, 4) is 0 Å². The average molecular weight is 343 g/mol. The van der Waals surface area contributed by atoms with Crippen LogP contribution in [0.3, 0.4) is 0 Å². The van der Waals surface area contributed by atoms with E-state index >= 15 is 0 Å². The van der Waals surface area contributed by atoms with Crippen LogP contribution in [0.25, 0.3) is 0 Å². The van der Waals surface area contributed by atoms with Crippen LogP contribution in [0.2, 0.25) is 5.02 Å². The van der Waals surface area contributed by atoms with Gasteiger partial charge in [-0.05, 0) is 31.7 Å². The van der Waals surface area contributed by atoms with Crippen molar-refractivity contribution in [2.24, 2.45) is 0 Å². The highest BCUT2D eigenvalue weighted by molar-refractivity contribution is 7.89. The maximum atomic E-state index is 12.2. The summed E-state index contributed by atoms with van der Waals surface area (Å²) in [6, 6.07) is 7.14. The molecule has 2 aromatic rings. The zero-order valence-electron chi connectivity index (χ0n) is 12.5. The first-order valence-electron chi connectivity index (χ1n) is 6.84. The maximum Gasteiger partial charge on any atom is 0.243 e. The van der Waals surface area contributed by atoms with E-state index in [1.165, 1.54) is 12.4 Å². The number of halogens is 1. The molecule has 0 aliphatic heterocycles. The Balaban J connectivity index is 2.08. The van der Waals surface area contributed by atoms with Gasteiger partial charge in [-0.15, -0.1) is 0 Å². The van der Waals surface area contributed by atoms with Crippen LogP contribution in [0.4, 0.5) is 0 Å². The van der Waals surface area contributed by atoms with E-state index in [0.717, 1.165) is 5.56 Å². The van der Waals surface area contributed by atoms with E-state index in [9.17, 15) is 8.42 Å². The number of sulfonamides is 1. The maximum absolute atomic E-state index is 12.2. The third-order valence-electron chi connectivity index (χ3n) is 3.04. The van der Waals surface area contributed by atoms with Gasteiger partial charge < -0.3 is 5.32 Å². The monoisotopic (exact) mass is 342 g/mol. The molecule has 0 aliphatic rings. The molecule has 1 aromatic carbocycles. The third kappa shape index (κ3) is 4.54. The summed E-state index contributed by atoms with van der Waals surface area (Å²) in [5, 5.41) is 7.69. The second-order valence-corrected chi connectivity index (χ2v) is 7.23. The Hall–Kier alpha value is -1.41. The van der Waals surface area contributed by atoms with Crippen molar-refractivity contribution in [2.45, 2.75) is 24.4 Å². The smallest absolute Gasteiger partial charge is 0.243 e. The van der Waals surface area contributed by atoms with Gasteiger partial charge in [-0.3, -0.25) is 4.68 Å². The van der Waals surface area contributed by atoms with Gasteiger partial charge >= 0.3 is 0 Å². The second kappa shape index (κ2) is 7.23. The number of likely N-dealkylation sites (N-methyl/N-ethyl adjacent to an activating group) is 1. The van der Waals surface area contributed by atoms with Crippen LogP contribution < -0.4 is 10.0 Å². The highest BCUT2D eigenvalue weighted by atomic mass is 35.5. The normalized spacial score (nSPS) is 13.2. The number of aromatic nitrogens is 2. The minimum absolute atomic E-state index is 0.157. The number of hydrogen-bond donors (Lipinski definition) is 2. The first-order valence-corrected chi connectivity index (χ1v) is 8.70. The minimum Gasteiger partial charge on any atom is -0.318 e. The Kier molecular flexibility index (Phi) is 5.57. The Morgan fingerprint density at radius 3 is 2.64 bits per heavy atom. The van der Waals surface area contributed by atoms with Gasteiger partial charge in [0.15, 0.2) is 0 Å². The summed E-state index contributed by atoms with van der Waals surface area (Å²) in [6.07, 6.45) is 2.87. The molecule has 6 nitrogen and oxygen atoms in total. The Bertz CT molecular complexity index is 713. The first kappa shape index (κ1) is 17.0. The van der Waals surface area contributed by atoms with Gasteiger partial charge in [-0.25, -0.2) is 13.1 Å². The van der Waals surface area contributed by atoms with Crippen molar-refractivity contribution in [3.63, 3.8) is 0 Å². The summed E-state index contributed by atoms with van der Waals surface area (Å²) in [4.78, 5) is 0.157. The molecule has 2 N–H and O–H groups in total. The molecule has 0 saturated heterocycles. The molecule has 1 heterocycles. The number of rotatable bonds is 7. The molecule has 120 valence electrons. The van der Waals surface area contributed by atoms with Crippen molar-refractivity contribution < 1.29 is 8.42 Å². The molecule has 0 aliphatic carbocycles. The largest absolute Gasteiger partial charge is 0.318 e. The molecule has 1 atom stereocenters. The molecule has 0 bridgehead atoms. The van der Waals surface area contributed by atoms with E-state index in [4.69, 9.17) is 11.6 Å². The Morgan fingerprint density at radius 1 is 1.32 bits per heavy atom. The molecule has 8 heteroatoms. The Labute approximate surface area is 135 Å². The molecule has 0 radical (unpaired) electrons. The molecule has 22 heavy (non-hydrogen) atoms. The number of nitrogens with one attached hydrogen (secondary N) is 2. The van der Waals surface area contributed by atoms with Crippen LogP contribution >= 0.6 is 11.6 Å².